The van der Waals surface area contributed by atoms with Crippen molar-refractivity contribution in [3.05, 3.63) is 18.2 Å². The van der Waals surface area contributed by atoms with Crippen molar-refractivity contribution in [2.75, 3.05) is 0 Å². The normalized spacial score (nSPS) is 13.1. The molecule has 2 unspecified atom stereocenters. The highest BCUT2D eigenvalue weighted by molar-refractivity contribution is 5.02. The van der Waals surface area contributed by atoms with Gasteiger partial charge in [-0.05, 0) is 26.2 Å². The smallest absolute Gasteiger partial charge is 0.111 e. The molecule has 0 fully saturated rings. The van der Waals surface area contributed by atoms with Crippen molar-refractivity contribution < 1.29 is 0 Å². The number of nitrogens with zero attached hydrogens (tertiary/aromatic N) is 2. The van der Waals surface area contributed by atoms with Gasteiger partial charge in [-0.25, -0.2) is 4.98 Å². The molecule has 1 aromatic heterocycles. The predicted molar refractivity (Wildman–Crippen MR) is 190 cm³/mol. The van der Waals surface area contributed by atoms with Crippen molar-refractivity contribution in [3.63, 3.8) is 0 Å². The molecule has 0 aliphatic rings. The fraction of sp³-hybridized carbons (Fsp3) is 0.925. The largest absolute Gasteiger partial charge is 0.332 e. The molecular weight excluding hydrogens is 508 g/mol. The van der Waals surface area contributed by atoms with Crippen LogP contribution >= 0.6 is 0 Å². The summed E-state index contributed by atoms with van der Waals surface area (Å²) in [5.74, 6) is 2.06. The Morgan fingerprint density at radius 1 is 0.452 bits per heavy atom. The monoisotopic (exact) mass is 587 g/mol. The summed E-state index contributed by atoms with van der Waals surface area (Å²) in [6.45, 7) is 9.39. The van der Waals surface area contributed by atoms with Crippen LogP contribution in [-0.2, 0) is 0 Å². The second-order valence-electron chi connectivity index (χ2n) is 13.9. The van der Waals surface area contributed by atoms with Gasteiger partial charge in [0, 0.05) is 24.4 Å². The highest BCUT2D eigenvalue weighted by Crippen LogP contribution is 2.31. The van der Waals surface area contributed by atoms with E-state index in [0.717, 1.165) is 0 Å². The lowest BCUT2D eigenvalue weighted by Crippen LogP contribution is -2.13. The van der Waals surface area contributed by atoms with Crippen molar-refractivity contribution in [2.45, 2.75) is 239 Å². The third-order valence-corrected chi connectivity index (χ3v) is 9.83. The van der Waals surface area contributed by atoms with E-state index in [-0.39, 0.29) is 0 Å². The lowest BCUT2D eigenvalue weighted by Gasteiger charge is -2.22. The van der Waals surface area contributed by atoms with E-state index in [0.29, 0.717) is 12.0 Å². The Kier molecular flexibility index (Phi) is 28.3. The maximum absolute atomic E-state index is 5.00. The third kappa shape index (κ3) is 21.8. The first-order valence-corrected chi connectivity index (χ1v) is 19.8. The highest BCUT2D eigenvalue weighted by atomic mass is 15.1. The minimum Gasteiger partial charge on any atom is -0.332 e. The lowest BCUT2D eigenvalue weighted by molar-refractivity contribution is 0.412. The number of hydrogen-bond acceptors (Lipinski definition) is 1. The molecule has 2 atom stereocenters. The molecule has 0 saturated heterocycles. The molecule has 1 aromatic rings. The van der Waals surface area contributed by atoms with E-state index in [1.807, 2.05) is 0 Å². The van der Waals surface area contributed by atoms with Crippen molar-refractivity contribution in [1.29, 1.82) is 0 Å². The molecule has 248 valence electrons. The van der Waals surface area contributed by atoms with Gasteiger partial charge in [0.25, 0.3) is 0 Å². The van der Waals surface area contributed by atoms with Crippen molar-refractivity contribution >= 4 is 0 Å². The van der Waals surface area contributed by atoms with Gasteiger partial charge in [0.2, 0.25) is 0 Å². The van der Waals surface area contributed by atoms with Crippen LogP contribution in [0, 0.1) is 0 Å². The molecule has 0 spiro atoms. The van der Waals surface area contributed by atoms with Gasteiger partial charge in [-0.3, -0.25) is 0 Å². The maximum Gasteiger partial charge on any atom is 0.111 e. The summed E-state index contributed by atoms with van der Waals surface area (Å²) >= 11 is 0. The molecule has 0 saturated carbocycles. The number of rotatable bonds is 33. The fourth-order valence-electron chi connectivity index (χ4n) is 6.89. The zero-order chi connectivity index (χ0) is 30.4. The quantitative estimate of drug-likeness (QED) is 0.0749. The first-order valence-electron chi connectivity index (χ1n) is 19.8. The summed E-state index contributed by atoms with van der Waals surface area (Å²) in [4.78, 5) is 5.00. The van der Waals surface area contributed by atoms with Crippen LogP contribution in [0.4, 0.5) is 0 Å². The molecule has 0 amide bonds. The van der Waals surface area contributed by atoms with Crippen LogP contribution in [0.25, 0.3) is 0 Å². The summed E-state index contributed by atoms with van der Waals surface area (Å²) in [7, 11) is 0. The summed E-state index contributed by atoms with van der Waals surface area (Å²) < 4.78 is 2.58. The molecule has 2 nitrogen and oxygen atoms in total. The van der Waals surface area contributed by atoms with Crippen LogP contribution in [0.3, 0.4) is 0 Å². The van der Waals surface area contributed by atoms with Gasteiger partial charge in [0.1, 0.15) is 5.82 Å². The molecule has 1 rings (SSSR count). The van der Waals surface area contributed by atoms with E-state index >= 15 is 0 Å². The molecular formula is C40H78N2. The van der Waals surface area contributed by atoms with Gasteiger partial charge in [-0.2, -0.15) is 0 Å². The Hall–Kier alpha value is -0.790. The number of hydrogen-bond donors (Lipinski definition) is 0. The zero-order valence-corrected chi connectivity index (χ0v) is 29.6. The predicted octanol–water partition coefficient (Wildman–Crippen LogP) is 14.7. The summed E-state index contributed by atoms with van der Waals surface area (Å²) in [6, 6.07) is 0.589. The van der Waals surface area contributed by atoms with Gasteiger partial charge >= 0.3 is 0 Å². The first-order chi connectivity index (χ1) is 20.7. The summed E-state index contributed by atoms with van der Waals surface area (Å²) in [5.41, 5.74) is 0. The Morgan fingerprint density at radius 3 is 1.12 bits per heavy atom. The Labute approximate surface area is 266 Å². The number of aromatic nitrogens is 2. The van der Waals surface area contributed by atoms with Gasteiger partial charge in [0.05, 0.1) is 0 Å². The standard InChI is InChI=1S/C40H78N2/c1-5-8-11-14-16-18-20-22-24-26-29-32-35-39(34-31-27-13-10-7-3)40-41-36-37-42(40)38(4)33-30-28-25-23-21-19-17-15-12-9-6-2/h36-39H,5-35H2,1-4H3. The van der Waals surface area contributed by atoms with Crippen molar-refractivity contribution in [2.24, 2.45) is 0 Å². The van der Waals surface area contributed by atoms with E-state index in [9.17, 15) is 0 Å². The van der Waals surface area contributed by atoms with E-state index in [2.05, 4.69) is 44.7 Å². The van der Waals surface area contributed by atoms with Gasteiger partial charge in [-0.15, -0.1) is 0 Å². The van der Waals surface area contributed by atoms with E-state index in [4.69, 9.17) is 4.98 Å². The molecule has 0 aliphatic carbocycles. The summed E-state index contributed by atoms with van der Waals surface area (Å²) in [5, 5.41) is 0. The van der Waals surface area contributed by atoms with Crippen molar-refractivity contribution in [3.8, 4) is 0 Å². The minimum absolute atomic E-state index is 0.589. The highest BCUT2D eigenvalue weighted by Gasteiger charge is 2.19. The summed E-state index contributed by atoms with van der Waals surface area (Å²) in [6.07, 6.45) is 48.2. The zero-order valence-electron chi connectivity index (χ0n) is 29.6. The SMILES string of the molecule is CCCCCCCCCCCCCCC(CCCCCCC)c1nccn1C(C)CCCCCCCCCCCCC. The topological polar surface area (TPSA) is 17.8 Å². The minimum atomic E-state index is 0.589. The molecule has 2 heteroatoms. The van der Waals surface area contributed by atoms with Crippen molar-refractivity contribution in [1.82, 2.24) is 9.55 Å². The number of unbranched alkanes of at least 4 members (excludes halogenated alkanes) is 25. The van der Waals surface area contributed by atoms with E-state index < -0.39 is 0 Å². The van der Waals surface area contributed by atoms with E-state index in [1.165, 1.54) is 205 Å². The second kappa shape index (κ2) is 30.2. The average Bonchev–Trinajstić information content (AvgIpc) is 3.49. The molecule has 0 aliphatic heterocycles. The van der Waals surface area contributed by atoms with E-state index in [1.54, 1.807) is 0 Å². The Morgan fingerprint density at radius 2 is 0.762 bits per heavy atom. The van der Waals surface area contributed by atoms with Crippen LogP contribution in [-0.4, -0.2) is 9.55 Å². The third-order valence-electron chi connectivity index (χ3n) is 9.83. The Balaban J connectivity index is 2.34. The molecule has 42 heavy (non-hydrogen) atoms. The van der Waals surface area contributed by atoms with Crippen LogP contribution < -0.4 is 0 Å². The molecule has 0 bridgehead atoms. The first kappa shape index (κ1) is 39.2. The van der Waals surface area contributed by atoms with Crippen LogP contribution in [0.5, 0.6) is 0 Å². The Bertz CT molecular complexity index is 650. The molecule has 0 radical (unpaired) electrons. The van der Waals surface area contributed by atoms with Crippen LogP contribution in [0.2, 0.25) is 0 Å². The van der Waals surface area contributed by atoms with Gasteiger partial charge < -0.3 is 4.57 Å². The number of imidazole rings is 1. The molecule has 0 N–H and O–H groups in total. The molecule has 0 aromatic carbocycles. The van der Waals surface area contributed by atoms with Gasteiger partial charge in [0.15, 0.2) is 0 Å². The maximum atomic E-state index is 5.00. The van der Waals surface area contributed by atoms with Crippen LogP contribution in [0.15, 0.2) is 12.4 Å². The van der Waals surface area contributed by atoms with Gasteiger partial charge in [-0.1, -0.05) is 201 Å². The average molecular weight is 587 g/mol. The fourth-order valence-corrected chi connectivity index (χ4v) is 6.89. The molecule has 1 heterocycles. The van der Waals surface area contributed by atoms with Crippen LogP contribution in [0.1, 0.15) is 245 Å². The lowest BCUT2D eigenvalue weighted by atomic mass is 9.93. The second-order valence-corrected chi connectivity index (χ2v) is 13.9.